The van der Waals surface area contributed by atoms with E-state index in [4.69, 9.17) is 0 Å². The minimum Gasteiger partial charge on any atom is -0.756 e. The van der Waals surface area contributed by atoms with Crippen molar-refractivity contribution in [3.05, 3.63) is 0 Å². The Morgan fingerprint density at radius 2 is 2.25 bits per heavy atom. The van der Waals surface area contributed by atoms with Crippen molar-refractivity contribution in [1.82, 2.24) is 0 Å². The molecule has 0 saturated heterocycles. The van der Waals surface area contributed by atoms with E-state index in [1.165, 1.54) is 0 Å². The van der Waals surface area contributed by atoms with Gasteiger partial charge in [0, 0.05) is 7.11 Å². The monoisotopic (exact) mass is 139 g/mol. The topological polar surface area (TPSA) is 58.6 Å². The van der Waals surface area contributed by atoms with E-state index in [1.54, 1.807) is 6.92 Å². The van der Waals surface area contributed by atoms with Gasteiger partial charge in [0.25, 0.3) is 7.82 Å². The first kappa shape index (κ1) is 8.11. The molecule has 8 heavy (non-hydrogen) atoms. The van der Waals surface area contributed by atoms with E-state index in [0.717, 1.165) is 7.11 Å². The quantitative estimate of drug-likeness (QED) is 0.521. The van der Waals surface area contributed by atoms with Crippen molar-refractivity contribution in [3.63, 3.8) is 0 Å². The highest BCUT2D eigenvalue weighted by molar-refractivity contribution is 7.45. The Balaban J connectivity index is 3.55. The summed E-state index contributed by atoms with van der Waals surface area (Å²) in [7, 11) is -2.86. The van der Waals surface area contributed by atoms with Crippen LogP contribution in [0.25, 0.3) is 0 Å². The van der Waals surface area contributed by atoms with Gasteiger partial charge in [-0.3, -0.25) is 4.57 Å². The molecule has 0 saturated carbocycles. The van der Waals surface area contributed by atoms with Crippen LogP contribution in [0, 0.1) is 0 Å². The maximum atomic E-state index is 10.2. The van der Waals surface area contributed by atoms with Gasteiger partial charge in [-0.1, -0.05) is 0 Å². The van der Waals surface area contributed by atoms with Gasteiger partial charge in [-0.25, -0.2) is 0 Å². The smallest absolute Gasteiger partial charge is 0.267 e. The fourth-order valence-electron chi connectivity index (χ4n) is 0.211. The highest BCUT2D eigenvalue weighted by atomic mass is 31.2. The zero-order valence-corrected chi connectivity index (χ0v) is 5.68. The molecule has 1 unspecified atom stereocenters. The molecular weight excluding hydrogens is 131 g/mol. The van der Waals surface area contributed by atoms with Crippen LogP contribution in [-0.4, -0.2) is 13.7 Å². The van der Waals surface area contributed by atoms with Crippen molar-refractivity contribution in [2.75, 3.05) is 13.7 Å². The van der Waals surface area contributed by atoms with Crippen LogP contribution in [0.4, 0.5) is 0 Å². The third-order valence-electron chi connectivity index (χ3n) is 0.511. The molecule has 0 radical (unpaired) electrons. The van der Waals surface area contributed by atoms with Crippen molar-refractivity contribution in [1.29, 1.82) is 0 Å². The van der Waals surface area contributed by atoms with Gasteiger partial charge in [-0.2, -0.15) is 0 Å². The van der Waals surface area contributed by atoms with E-state index in [-0.39, 0.29) is 6.61 Å². The van der Waals surface area contributed by atoms with E-state index in [9.17, 15) is 9.46 Å². The van der Waals surface area contributed by atoms with E-state index in [1.807, 2.05) is 0 Å². The summed E-state index contributed by atoms with van der Waals surface area (Å²) in [5.41, 5.74) is 0. The molecule has 0 heterocycles. The number of phosphoric ester groups is 1. The van der Waals surface area contributed by atoms with Gasteiger partial charge in [-0.05, 0) is 6.92 Å². The van der Waals surface area contributed by atoms with E-state index in [0.29, 0.717) is 0 Å². The Morgan fingerprint density at radius 3 is 2.38 bits per heavy atom. The molecule has 0 bridgehead atoms. The summed E-state index contributed by atoms with van der Waals surface area (Å²) in [5, 5.41) is 0. The number of rotatable bonds is 3. The fraction of sp³-hybridized carbons (Fsp3) is 1.00. The van der Waals surface area contributed by atoms with Crippen LogP contribution >= 0.6 is 7.82 Å². The molecule has 4 nitrogen and oxygen atoms in total. The molecule has 0 fully saturated rings. The summed E-state index contributed by atoms with van der Waals surface area (Å²) in [5.74, 6) is 0. The second-order valence-electron chi connectivity index (χ2n) is 1.05. The summed E-state index contributed by atoms with van der Waals surface area (Å²) in [6, 6.07) is 0. The normalized spacial score (nSPS) is 17.9. The van der Waals surface area contributed by atoms with Crippen LogP contribution in [0.3, 0.4) is 0 Å². The molecule has 0 N–H and O–H groups in total. The molecule has 0 spiro atoms. The predicted molar refractivity (Wildman–Crippen MR) is 26.2 cm³/mol. The highest BCUT2D eigenvalue weighted by Crippen LogP contribution is 2.36. The third-order valence-corrected chi connectivity index (χ3v) is 1.53. The van der Waals surface area contributed by atoms with Crippen molar-refractivity contribution in [2.45, 2.75) is 6.92 Å². The van der Waals surface area contributed by atoms with Gasteiger partial charge >= 0.3 is 0 Å². The van der Waals surface area contributed by atoms with E-state index < -0.39 is 7.82 Å². The van der Waals surface area contributed by atoms with E-state index in [2.05, 4.69) is 9.05 Å². The minimum atomic E-state index is -3.92. The minimum absolute atomic E-state index is 0.120. The SMILES string of the molecule is CCOP(=O)([O-])OC. The zero-order chi connectivity index (χ0) is 6.62. The molecule has 0 aromatic heterocycles. The maximum Gasteiger partial charge on any atom is 0.267 e. The van der Waals surface area contributed by atoms with Gasteiger partial charge in [0.2, 0.25) is 0 Å². The number of phosphoric acid groups is 1. The molecule has 0 amide bonds. The third kappa shape index (κ3) is 3.16. The lowest BCUT2D eigenvalue weighted by atomic mass is 10.9. The summed E-state index contributed by atoms with van der Waals surface area (Å²) in [6.07, 6.45) is 0. The average molecular weight is 139 g/mol. The first-order chi connectivity index (χ1) is 3.62. The van der Waals surface area contributed by atoms with Crippen molar-refractivity contribution < 1.29 is 18.5 Å². The Bertz CT molecular complexity index is 101. The second kappa shape index (κ2) is 3.20. The average Bonchev–Trinajstić information content (AvgIpc) is 1.67. The lowest BCUT2D eigenvalue weighted by Gasteiger charge is -2.18. The Morgan fingerprint density at radius 1 is 1.75 bits per heavy atom. The number of hydrogen-bond donors (Lipinski definition) is 0. The van der Waals surface area contributed by atoms with Crippen LogP contribution in [0.1, 0.15) is 6.92 Å². The van der Waals surface area contributed by atoms with Gasteiger partial charge < -0.3 is 13.9 Å². The summed E-state index contributed by atoms with van der Waals surface area (Å²) < 4.78 is 18.3. The molecular formula is C3H8O4P-. The van der Waals surface area contributed by atoms with Gasteiger partial charge in [0.1, 0.15) is 0 Å². The van der Waals surface area contributed by atoms with Gasteiger partial charge in [-0.15, -0.1) is 0 Å². The first-order valence-corrected chi connectivity index (χ1v) is 3.59. The molecule has 50 valence electrons. The summed E-state index contributed by atoms with van der Waals surface area (Å²) in [4.78, 5) is 10.2. The van der Waals surface area contributed by atoms with Crippen molar-refractivity contribution in [2.24, 2.45) is 0 Å². The van der Waals surface area contributed by atoms with Gasteiger partial charge in [0.15, 0.2) is 0 Å². The Labute approximate surface area is 48.0 Å². The van der Waals surface area contributed by atoms with Gasteiger partial charge in [0.05, 0.1) is 6.61 Å². The molecule has 0 aromatic rings. The first-order valence-electron chi connectivity index (χ1n) is 2.13. The molecule has 0 aromatic carbocycles. The second-order valence-corrected chi connectivity index (χ2v) is 2.57. The maximum absolute atomic E-state index is 10.2. The van der Waals surface area contributed by atoms with Crippen LogP contribution in [0.15, 0.2) is 0 Å². The van der Waals surface area contributed by atoms with Crippen LogP contribution in [0.2, 0.25) is 0 Å². The molecule has 0 aliphatic heterocycles. The van der Waals surface area contributed by atoms with Crippen LogP contribution in [0.5, 0.6) is 0 Å². The lowest BCUT2D eigenvalue weighted by Crippen LogP contribution is -2.05. The molecule has 0 aliphatic rings. The molecule has 0 aliphatic carbocycles. The zero-order valence-electron chi connectivity index (χ0n) is 4.79. The predicted octanol–water partition coefficient (Wildman–Crippen LogP) is 0.138. The standard InChI is InChI=1S/C3H9O4P/c1-3-7-8(4,5)6-2/h3H2,1-2H3,(H,4,5)/p-1. The summed E-state index contributed by atoms with van der Waals surface area (Å²) >= 11 is 0. The highest BCUT2D eigenvalue weighted by Gasteiger charge is 2.01. The van der Waals surface area contributed by atoms with Crippen molar-refractivity contribution in [3.8, 4) is 0 Å². The molecule has 5 heteroatoms. The van der Waals surface area contributed by atoms with Crippen LogP contribution < -0.4 is 4.89 Å². The molecule has 1 atom stereocenters. The van der Waals surface area contributed by atoms with E-state index >= 15 is 0 Å². The Kier molecular flexibility index (Phi) is 3.24. The van der Waals surface area contributed by atoms with Crippen molar-refractivity contribution >= 4 is 7.82 Å². The largest absolute Gasteiger partial charge is 0.756 e. The summed E-state index contributed by atoms with van der Waals surface area (Å²) in [6.45, 7) is 1.69. The number of hydrogen-bond acceptors (Lipinski definition) is 4. The Hall–Kier alpha value is 0.110. The van der Waals surface area contributed by atoms with Crippen LogP contribution in [-0.2, 0) is 13.6 Å². The molecule has 0 rings (SSSR count). The fourth-order valence-corrected chi connectivity index (χ4v) is 0.632. The lowest BCUT2D eigenvalue weighted by molar-refractivity contribution is -0.222.